The zero-order valence-electron chi connectivity index (χ0n) is 20.4. The molecule has 3 rings (SSSR count). The van der Waals surface area contributed by atoms with Crippen LogP contribution in [0.25, 0.3) is 0 Å². The molecule has 1 saturated heterocycles. The van der Waals surface area contributed by atoms with E-state index >= 15 is 0 Å². The van der Waals surface area contributed by atoms with Gasteiger partial charge in [0.25, 0.3) is 5.91 Å². The van der Waals surface area contributed by atoms with Gasteiger partial charge in [0.05, 0.1) is 19.2 Å². The molecule has 2 aromatic rings. The van der Waals surface area contributed by atoms with Crippen molar-refractivity contribution in [3.63, 3.8) is 0 Å². The summed E-state index contributed by atoms with van der Waals surface area (Å²) < 4.78 is 5.16. The van der Waals surface area contributed by atoms with Crippen LogP contribution in [0.5, 0.6) is 0 Å². The maximum absolute atomic E-state index is 12.6. The third kappa shape index (κ3) is 7.59. The summed E-state index contributed by atoms with van der Waals surface area (Å²) in [5.41, 5.74) is 2.16. The van der Waals surface area contributed by atoms with E-state index in [1.165, 1.54) is 0 Å². The number of rotatable bonds is 5. The van der Waals surface area contributed by atoms with Gasteiger partial charge in [-0.05, 0) is 82.1 Å². The number of hydrogen-bond acceptors (Lipinski definition) is 6. The van der Waals surface area contributed by atoms with Crippen LogP contribution in [-0.2, 0) is 4.74 Å². The van der Waals surface area contributed by atoms with Gasteiger partial charge in [0.2, 0.25) is 0 Å². The maximum Gasteiger partial charge on any atom is 0.413 e. The van der Waals surface area contributed by atoms with Crippen molar-refractivity contribution in [2.75, 3.05) is 25.0 Å². The highest BCUT2D eigenvalue weighted by Crippen LogP contribution is 2.20. The molecule has 0 bridgehead atoms. The summed E-state index contributed by atoms with van der Waals surface area (Å²) in [7, 11) is 0. The van der Waals surface area contributed by atoms with E-state index in [9.17, 15) is 14.7 Å². The molecule has 0 aromatic heterocycles. The summed E-state index contributed by atoms with van der Waals surface area (Å²) >= 11 is 0. The van der Waals surface area contributed by atoms with Gasteiger partial charge in [-0.1, -0.05) is 11.8 Å². The van der Waals surface area contributed by atoms with E-state index in [1.54, 1.807) is 62.1 Å². The molecule has 2 aromatic carbocycles. The quantitative estimate of drug-likeness (QED) is 0.299. The number of aliphatic hydroxyl groups excluding tert-OH is 1. The molecule has 8 nitrogen and oxygen atoms in total. The Morgan fingerprint density at radius 1 is 1.11 bits per heavy atom. The zero-order valence-corrected chi connectivity index (χ0v) is 20.4. The Labute approximate surface area is 206 Å². The first kappa shape index (κ1) is 25.8. The standard InChI is InChI=1S/C27H32N4O4/c1-27(2,3)35-26(34)30-24(28)20-12-14-22(15-13-20)29-16-4-6-19-8-10-21(11-9-19)25(33)31-17-5-7-23(31)18-32/h8-15,23,29,32H,5,7,16-18H2,1-3H3,(H2,28,30,34). The van der Waals surface area contributed by atoms with Crippen LogP contribution < -0.4 is 10.6 Å². The minimum Gasteiger partial charge on any atom is -0.444 e. The number of amides is 2. The van der Waals surface area contributed by atoms with Gasteiger partial charge >= 0.3 is 6.09 Å². The first-order valence-electron chi connectivity index (χ1n) is 11.6. The lowest BCUT2D eigenvalue weighted by atomic mass is 10.1. The van der Waals surface area contributed by atoms with Crippen LogP contribution in [0.4, 0.5) is 10.5 Å². The molecular weight excluding hydrogens is 444 g/mol. The summed E-state index contributed by atoms with van der Waals surface area (Å²) in [6.07, 6.45) is 1.09. The predicted octanol–water partition coefficient (Wildman–Crippen LogP) is 3.60. The second-order valence-corrected chi connectivity index (χ2v) is 9.29. The smallest absolute Gasteiger partial charge is 0.413 e. The summed E-state index contributed by atoms with van der Waals surface area (Å²) in [4.78, 5) is 26.2. The van der Waals surface area contributed by atoms with E-state index in [1.807, 2.05) is 12.1 Å². The van der Waals surface area contributed by atoms with Crippen molar-refractivity contribution in [1.29, 1.82) is 5.41 Å². The Bertz CT molecular complexity index is 1110. The molecule has 35 heavy (non-hydrogen) atoms. The third-order valence-corrected chi connectivity index (χ3v) is 5.39. The van der Waals surface area contributed by atoms with Gasteiger partial charge in [-0.25, -0.2) is 4.79 Å². The topological polar surface area (TPSA) is 115 Å². The molecule has 1 aliphatic rings. The van der Waals surface area contributed by atoms with Gasteiger partial charge in [0.15, 0.2) is 0 Å². The lowest BCUT2D eigenvalue weighted by molar-refractivity contribution is 0.0562. The van der Waals surface area contributed by atoms with Crippen molar-refractivity contribution in [1.82, 2.24) is 10.2 Å². The van der Waals surface area contributed by atoms with Crippen LogP contribution in [0.2, 0.25) is 0 Å². The lowest BCUT2D eigenvalue weighted by Gasteiger charge is -2.23. The Balaban J connectivity index is 1.48. The van der Waals surface area contributed by atoms with Crippen LogP contribution in [0.3, 0.4) is 0 Å². The first-order valence-corrected chi connectivity index (χ1v) is 11.6. The number of ether oxygens (including phenoxy) is 1. The lowest BCUT2D eigenvalue weighted by Crippen LogP contribution is -2.37. The van der Waals surface area contributed by atoms with Crippen LogP contribution in [0, 0.1) is 17.3 Å². The molecule has 0 saturated carbocycles. The Kier molecular flexibility index (Phi) is 8.50. The third-order valence-electron chi connectivity index (χ3n) is 5.39. The number of carbonyl (C=O) groups is 2. The number of hydrogen-bond donors (Lipinski definition) is 4. The number of anilines is 1. The average molecular weight is 477 g/mol. The number of benzene rings is 2. The SMILES string of the molecule is CC(C)(C)OC(=O)NC(=N)c1ccc(NCC#Cc2ccc(C(=O)N3CCCC3CO)cc2)cc1. The molecular formula is C27H32N4O4. The number of amidine groups is 1. The van der Waals surface area contributed by atoms with E-state index in [-0.39, 0.29) is 24.4 Å². The zero-order chi connectivity index (χ0) is 25.4. The van der Waals surface area contributed by atoms with Gasteiger partial charge in [-0.2, -0.15) is 0 Å². The van der Waals surface area contributed by atoms with Gasteiger partial charge in [0.1, 0.15) is 11.4 Å². The fourth-order valence-corrected chi connectivity index (χ4v) is 3.68. The summed E-state index contributed by atoms with van der Waals surface area (Å²) in [6, 6.07) is 14.2. The number of nitrogens with zero attached hydrogens (tertiary/aromatic N) is 1. The molecule has 8 heteroatoms. The Morgan fingerprint density at radius 2 is 1.77 bits per heavy atom. The van der Waals surface area contributed by atoms with E-state index in [0.717, 1.165) is 24.1 Å². The van der Waals surface area contributed by atoms with Crippen LogP contribution >= 0.6 is 0 Å². The van der Waals surface area contributed by atoms with Gasteiger partial charge in [-0.15, -0.1) is 0 Å². The number of nitrogens with one attached hydrogen (secondary N) is 3. The Hall–Kier alpha value is -3.83. The van der Waals surface area contributed by atoms with Crippen molar-refractivity contribution in [3.8, 4) is 11.8 Å². The normalized spacial score (nSPS) is 15.1. The van der Waals surface area contributed by atoms with Crippen LogP contribution in [-0.4, -0.2) is 59.2 Å². The van der Waals surface area contributed by atoms with Gasteiger partial charge in [-0.3, -0.25) is 15.5 Å². The highest BCUT2D eigenvalue weighted by atomic mass is 16.6. The molecule has 4 N–H and O–H groups in total. The highest BCUT2D eigenvalue weighted by Gasteiger charge is 2.28. The molecule has 0 radical (unpaired) electrons. The maximum atomic E-state index is 12.6. The molecule has 1 atom stereocenters. The molecule has 1 unspecified atom stereocenters. The fourth-order valence-electron chi connectivity index (χ4n) is 3.68. The first-order chi connectivity index (χ1) is 16.7. The van der Waals surface area contributed by atoms with Crippen molar-refractivity contribution >= 4 is 23.5 Å². The van der Waals surface area contributed by atoms with Crippen LogP contribution in [0.1, 0.15) is 55.1 Å². The minimum atomic E-state index is -0.664. The van der Waals surface area contributed by atoms with Gasteiger partial charge < -0.3 is 20.1 Å². The fraction of sp³-hybridized carbons (Fsp3) is 0.370. The number of aliphatic hydroxyl groups is 1. The summed E-state index contributed by atoms with van der Waals surface area (Å²) in [5.74, 6) is 6.02. The van der Waals surface area contributed by atoms with Crippen molar-refractivity contribution in [3.05, 3.63) is 65.2 Å². The molecule has 184 valence electrons. The monoisotopic (exact) mass is 476 g/mol. The second kappa shape index (κ2) is 11.5. The van der Waals surface area contributed by atoms with Crippen molar-refractivity contribution in [2.45, 2.75) is 45.3 Å². The predicted molar refractivity (Wildman–Crippen MR) is 136 cm³/mol. The molecule has 1 fully saturated rings. The van der Waals surface area contributed by atoms with Crippen molar-refractivity contribution in [2.24, 2.45) is 0 Å². The molecule has 1 aliphatic heterocycles. The van der Waals surface area contributed by atoms with E-state index in [4.69, 9.17) is 10.1 Å². The number of alkyl carbamates (subject to hydrolysis) is 1. The number of likely N-dealkylation sites (tertiary alicyclic amines) is 1. The minimum absolute atomic E-state index is 0.00345. The second-order valence-electron chi connectivity index (χ2n) is 9.29. The van der Waals surface area contributed by atoms with E-state index < -0.39 is 11.7 Å². The molecule has 2 amide bonds. The van der Waals surface area contributed by atoms with E-state index in [0.29, 0.717) is 24.2 Å². The Morgan fingerprint density at radius 3 is 2.40 bits per heavy atom. The highest BCUT2D eigenvalue weighted by molar-refractivity contribution is 6.04. The van der Waals surface area contributed by atoms with Gasteiger partial charge in [0, 0.05) is 28.9 Å². The van der Waals surface area contributed by atoms with E-state index in [2.05, 4.69) is 22.5 Å². The average Bonchev–Trinajstić information content (AvgIpc) is 3.30. The number of carbonyl (C=O) groups excluding carboxylic acids is 2. The summed E-state index contributed by atoms with van der Waals surface area (Å²) in [5, 5.41) is 23.1. The largest absolute Gasteiger partial charge is 0.444 e. The molecule has 0 aliphatic carbocycles. The summed E-state index contributed by atoms with van der Waals surface area (Å²) in [6.45, 7) is 6.38. The molecule has 0 spiro atoms. The van der Waals surface area contributed by atoms with Crippen LogP contribution in [0.15, 0.2) is 48.5 Å². The molecule has 1 heterocycles. The van der Waals surface area contributed by atoms with Crippen molar-refractivity contribution < 1.29 is 19.4 Å².